The molecule has 6 nitrogen and oxygen atoms in total. The zero-order valence-electron chi connectivity index (χ0n) is 12.1. The first-order valence-electron chi connectivity index (χ1n) is 7.06. The number of likely N-dealkylation sites (tertiary alicyclic amines) is 1. The maximum absolute atomic E-state index is 13.5. The second-order valence-electron chi connectivity index (χ2n) is 5.65. The van der Waals surface area contributed by atoms with E-state index in [1.807, 2.05) is 0 Å². The Morgan fingerprint density at radius 3 is 2.36 bits per heavy atom. The number of hydrogen-bond acceptors (Lipinski definition) is 3. The van der Waals surface area contributed by atoms with Crippen molar-refractivity contribution in [1.82, 2.24) is 4.90 Å². The van der Waals surface area contributed by atoms with E-state index < -0.39 is 23.3 Å². The molecule has 1 heterocycles. The molecular formula is C15H19FN2O4. The number of nitrogens with two attached hydrogens (primary N) is 1. The van der Waals surface area contributed by atoms with Gasteiger partial charge in [0, 0.05) is 19.6 Å². The van der Waals surface area contributed by atoms with Crippen LogP contribution in [0.3, 0.4) is 0 Å². The minimum Gasteiger partial charge on any atom is -0.481 e. The van der Waals surface area contributed by atoms with Crippen molar-refractivity contribution in [3.8, 4) is 0 Å². The highest BCUT2D eigenvalue weighted by molar-refractivity contribution is 5.76. The Bertz CT molecular complexity index is 583. The smallest absolute Gasteiger partial charge is 0.407 e. The van der Waals surface area contributed by atoms with Crippen LogP contribution < -0.4 is 5.73 Å². The van der Waals surface area contributed by atoms with Gasteiger partial charge in [-0.25, -0.2) is 9.18 Å². The molecule has 0 aromatic heterocycles. The monoisotopic (exact) mass is 310 g/mol. The van der Waals surface area contributed by atoms with Crippen molar-refractivity contribution in [2.45, 2.75) is 25.8 Å². The number of rotatable bonds is 4. The summed E-state index contributed by atoms with van der Waals surface area (Å²) in [6.45, 7) is 0.524. The lowest BCUT2D eigenvalue weighted by Gasteiger charge is -2.38. The van der Waals surface area contributed by atoms with E-state index in [-0.39, 0.29) is 38.9 Å². The molecule has 1 aliphatic heterocycles. The van der Waals surface area contributed by atoms with Gasteiger partial charge < -0.3 is 20.8 Å². The molecule has 0 saturated carbocycles. The maximum atomic E-state index is 13.5. The van der Waals surface area contributed by atoms with Crippen molar-refractivity contribution >= 4 is 12.1 Å². The number of carboxylic acids is 1. The standard InChI is InChI=1S/C15H19FN2O4/c16-12-2-1-10(9-17)11(7-12)8-15(13(19)20)3-5-18(6-4-15)14(21)22/h1-2,7H,3-6,8-9,17H2,(H,19,20)(H,21,22). The molecule has 0 unspecified atom stereocenters. The van der Waals surface area contributed by atoms with Crippen molar-refractivity contribution in [1.29, 1.82) is 0 Å². The summed E-state index contributed by atoms with van der Waals surface area (Å²) < 4.78 is 13.5. The van der Waals surface area contributed by atoms with Gasteiger partial charge in [-0.2, -0.15) is 0 Å². The number of aliphatic carboxylic acids is 1. The SMILES string of the molecule is NCc1ccc(F)cc1CC1(C(=O)O)CCN(C(=O)O)CC1. The number of carbonyl (C=O) groups is 2. The molecule has 1 aliphatic rings. The summed E-state index contributed by atoms with van der Waals surface area (Å²) in [5, 5.41) is 18.6. The summed E-state index contributed by atoms with van der Waals surface area (Å²) in [6.07, 6.45) is -0.489. The van der Waals surface area contributed by atoms with Gasteiger partial charge in [0.05, 0.1) is 5.41 Å². The van der Waals surface area contributed by atoms with Gasteiger partial charge in [-0.05, 0) is 42.5 Å². The Kier molecular flexibility index (Phi) is 4.65. The molecule has 0 aliphatic carbocycles. The third-order valence-electron chi connectivity index (χ3n) is 4.36. The highest BCUT2D eigenvalue weighted by Gasteiger charge is 2.42. The van der Waals surface area contributed by atoms with Gasteiger partial charge in [-0.15, -0.1) is 0 Å². The van der Waals surface area contributed by atoms with E-state index in [9.17, 15) is 19.1 Å². The molecular weight excluding hydrogens is 291 g/mol. The average molecular weight is 310 g/mol. The number of piperidine rings is 1. The predicted octanol–water partition coefficient (Wildman–Crippen LogP) is 1.67. The molecule has 0 spiro atoms. The molecule has 1 saturated heterocycles. The van der Waals surface area contributed by atoms with Crippen LogP contribution in [0, 0.1) is 11.2 Å². The lowest BCUT2D eigenvalue weighted by molar-refractivity contribution is -0.151. The van der Waals surface area contributed by atoms with Gasteiger partial charge in [0.15, 0.2) is 0 Å². The van der Waals surface area contributed by atoms with E-state index in [1.54, 1.807) is 6.07 Å². The molecule has 1 fully saturated rings. The lowest BCUT2D eigenvalue weighted by Crippen LogP contribution is -2.47. The summed E-state index contributed by atoms with van der Waals surface area (Å²) in [7, 11) is 0. The number of hydrogen-bond donors (Lipinski definition) is 3. The summed E-state index contributed by atoms with van der Waals surface area (Å²) in [5.41, 5.74) is 5.84. The Morgan fingerprint density at radius 2 is 1.86 bits per heavy atom. The van der Waals surface area contributed by atoms with Crippen LogP contribution in [0.1, 0.15) is 24.0 Å². The van der Waals surface area contributed by atoms with Gasteiger partial charge in [0.25, 0.3) is 0 Å². The fourth-order valence-electron chi connectivity index (χ4n) is 2.92. The molecule has 2 rings (SSSR count). The van der Waals surface area contributed by atoms with E-state index in [4.69, 9.17) is 10.8 Å². The maximum Gasteiger partial charge on any atom is 0.407 e. The van der Waals surface area contributed by atoms with Gasteiger partial charge in [-0.1, -0.05) is 6.07 Å². The molecule has 1 amide bonds. The van der Waals surface area contributed by atoms with Crippen molar-refractivity contribution in [2.75, 3.05) is 13.1 Å². The van der Waals surface area contributed by atoms with Crippen molar-refractivity contribution in [2.24, 2.45) is 11.1 Å². The fourth-order valence-corrected chi connectivity index (χ4v) is 2.92. The first kappa shape index (κ1) is 16.2. The molecule has 1 aromatic carbocycles. The summed E-state index contributed by atoms with van der Waals surface area (Å²) in [4.78, 5) is 23.9. The summed E-state index contributed by atoms with van der Waals surface area (Å²) >= 11 is 0. The Morgan fingerprint density at radius 1 is 1.23 bits per heavy atom. The Balaban J connectivity index is 2.25. The van der Waals surface area contributed by atoms with E-state index in [1.165, 1.54) is 17.0 Å². The highest BCUT2D eigenvalue weighted by Crippen LogP contribution is 2.36. The topological polar surface area (TPSA) is 104 Å². The van der Waals surface area contributed by atoms with E-state index in [0.717, 1.165) is 0 Å². The first-order chi connectivity index (χ1) is 10.4. The van der Waals surface area contributed by atoms with Gasteiger partial charge in [0.1, 0.15) is 5.82 Å². The molecule has 0 radical (unpaired) electrons. The first-order valence-corrected chi connectivity index (χ1v) is 7.06. The van der Waals surface area contributed by atoms with Crippen LogP contribution in [0.15, 0.2) is 18.2 Å². The quantitative estimate of drug-likeness (QED) is 0.785. The summed E-state index contributed by atoms with van der Waals surface area (Å²) in [5.74, 6) is -1.42. The van der Waals surface area contributed by atoms with Crippen LogP contribution in [0.5, 0.6) is 0 Å². The number of carboxylic acid groups (broad SMARTS) is 2. The second-order valence-corrected chi connectivity index (χ2v) is 5.65. The number of benzene rings is 1. The average Bonchev–Trinajstić information content (AvgIpc) is 2.47. The number of halogens is 1. The molecule has 22 heavy (non-hydrogen) atoms. The minimum absolute atomic E-state index is 0.153. The lowest BCUT2D eigenvalue weighted by atomic mass is 9.73. The molecule has 4 N–H and O–H groups in total. The fraction of sp³-hybridized carbons (Fsp3) is 0.467. The molecule has 0 bridgehead atoms. The minimum atomic E-state index is -1.08. The predicted molar refractivity (Wildman–Crippen MR) is 76.9 cm³/mol. The van der Waals surface area contributed by atoms with E-state index >= 15 is 0 Å². The van der Waals surface area contributed by atoms with Crippen LogP contribution in [-0.4, -0.2) is 40.3 Å². The van der Waals surface area contributed by atoms with Crippen LogP contribution in [-0.2, 0) is 17.8 Å². The largest absolute Gasteiger partial charge is 0.481 e. The Labute approximate surface area is 127 Å². The zero-order chi connectivity index (χ0) is 16.3. The molecule has 1 aromatic rings. The normalized spacial score (nSPS) is 17.3. The van der Waals surface area contributed by atoms with Crippen LogP contribution in [0.4, 0.5) is 9.18 Å². The van der Waals surface area contributed by atoms with Crippen LogP contribution in [0.2, 0.25) is 0 Å². The van der Waals surface area contributed by atoms with E-state index in [2.05, 4.69) is 0 Å². The highest BCUT2D eigenvalue weighted by atomic mass is 19.1. The molecule has 7 heteroatoms. The van der Waals surface area contributed by atoms with Crippen LogP contribution in [0.25, 0.3) is 0 Å². The number of nitrogens with zero attached hydrogens (tertiary/aromatic N) is 1. The van der Waals surface area contributed by atoms with Gasteiger partial charge >= 0.3 is 12.1 Å². The summed E-state index contributed by atoms with van der Waals surface area (Å²) in [6, 6.07) is 4.18. The zero-order valence-corrected chi connectivity index (χ0v) is 12.1. The number of amides is 1. The van der Waals surface area contributed by atoms with Crippen LogP contribution >= 0.6 is 0 Å². The van der Waals surface area contributed by atoms with E-state index in [0.29, 0.717) is 11.1 Å². The van der Waals surface area contributed by atoms with Gasteiger partial charge in [-0.3, -0.25) is 4.79 Å². The van der Waals surface area contributed by atoms with Crippen molar-refractivity contribution in [3.05, 3.63) is 35.1 Å². The van der Waals surface area contributed by atoms with Gasteiger partial charge in [0.2, 0.25) is 0 Å². The van der Waals surface area contributed by atoms with Crippen molar-refractivity contribution < 1.29 is 24.2 Å². The molecule has 120 valence electrons. The molecule has 0 atom stereocenters. The third-order valence-corrected chi connectivity index (χ3v) is 4.36. The second kappa shape index (κ2) is 6.31. The third kappa shape index (κ3) is 3.19. The van der Waals surface area contributed by atoms with Crippen molar-refractivity contribution in [3.63, 3.8) is 0 Å². The Hall–Kier alpha value is -2.15.